The molecule has 3 fully saturated rings. The van der Waals surface area contributed by atoms with Crippen molar-refractivity contribution in [1.82, 2.24) is 10.2 Å². The van der Waals surface area contributed by atoms with Crippen molar-refractivity contribution < 1.29 is 24.5 Å². The summed E-state index contributed by atoms with van der Waals surface area (Å²) >= 11 is 2.19. The Labute approximate surface area is 234 Å². The fraction of sp³-hybridized carbons (Fsp3) is 0.655. The fourth-order valence-electron chi connectivity index (χ4n) is 6.62. The van der Waals surface area contributed by atoms with Crippen LogP contribution in [0.25, 0.3) is 0 Å². The molecule has 8 heteroatoms. The predicted molar refractivity (Wildman–Crippen MR) is 151 cm³/mol. The number of carbonyl (C=O) groups is 2. The molecule has 4 aliphatic rings. The van der Waals surface area contributed by atoms with E-state index in [9.17, 15) is 19.8 Å². The van der Waals surface area contributed by atoms with Gasteiger partial charge in [0, 0.05) is 31.0 Å². The van der Waals surface area contributed by atoms with E-state index < -0.39 is 18.2 Å². The zero-order valence-electron chi connectivity index (χ0n) is 22.3. The number of fused-ring (bicyclic) bond motifs is 2. The SMILES string of the molecule is CC(C)C(=O)N(CC1CCC2CC1C2(C)C)C1CC(C(=O)NCCO)=CC(Oc2ccccc2I)C1O. The first kappa shape index (κ1) is 28.4. The molecule has 6 unspecified atom stereocenters. The maximum Gasteiger partial charge on any atom is 0.247 e. The van der Waals surface area contributed by atoms with Crippen LogP contribution in [0.2, 0.25) is 0 Å². The standard InChI is InChI=1S/C29H41IN2O5/c1-17(2)28(36)32(16-18-9-10-20-15-21(18)29(20,3)4)23-13-19(27(35)31-11-12-33)14-25(26(23)34)37-24-8-6-5-7-22(24)30/h5-8,14,17-18,20-21,23,25-26,33-34H,9-13,15-16H2,1-4H3,(H,31,35). The van der Waals surface area contributed by atoms with Crippen LogP contribution in [-0.4, -0.2) is 64.9 Å². The van der Waals surface area contributed by atoms with E-state index in [1.165, 1.54) is 12.8 Å². The monoisotopic (exact) mass is 624 g/mol. The topological polar surface area (TPSA) is 99.1 Å². The van der Waals surface area contributed by atoms with Gasteiger partial charge in [-0.3, -0.25) is 9.59 Å². The van der Waals surface area contributed by atoms with Crippen molar-refractivity contribution in [1.29, 1.82) is 0 Å². The normalized spacial score (nSPS) is 30.2. The van der Waals surface area contributed by atoms with Crippen LogP contribution in [0.5, 0.6) is 5.75 Å². The van der Waals surface area contributed by atoms with Gasteiger partial charge in [0.1, 0.15) is 18.0 Å². The number of amides is 2. The molecule has 0 saturated heterocycles. The molecule has 3 N–H and O–H groups in total. The first-order chi connectivity index (χ1) is 17.5. The molecule has 3 saturated carbocycles. The minimum atomic E-state index is -0.987. The van der Waals surface area contributed by atoms with Crippen LogP contribution in [0.15, 0.2) is 35.9 Å². The maximum absolute atomic E-state index is 13.6. The zero-order valence-corrected chi connectivity index (χ0v) is 24.5. The van der Waals surface area contributed by atoms with Crippen molar-refractivity contribution >= 4 is 34.4 Å². The second kappa shape index (κ2) is 11.6. The first-order valence-electron chi connectivity index (χ1n) is 13.5. The minimum absolute atomic E-state index is 0.00615. The van der Waals surface area contributed by atoms with E-state index in [4.69, 9.17) is 4.74 Å². The number of benzene rings is 1. The van der Waals surface area contributed by atoms with Gasteiger partial charge in [-0.25, -0.2) is 0 Å². The molecular formula is C29H41IN2O5. The van der Waals surface area contributed by atoms with Gasteiger partial charge >= 0.3 is 0 Å². The summed E-state index contributed by atoms with van der Waals surface area (Å²) in [6.45, 7) is 9.03. The number of ether oxygens (including phenoxy) is 1. The summed E-state index contributed by atoms with van der Waals surface area (Å²) in [5.74, 6) is 1.78. The number of hydrogen-bond acceptors (Lipinski definition) is 5. The average Bonchev–Trinajstić information content (AvgIpc) is 2.87. The van der Waals surface area contributed by atoms with Crippen LogP contribution in [-0.2, 0) is 9.59 Å². The highest BCUT2D eigenvalue weighted by atomic mass is 127. The molecule has 204 valence electrons. The highest BCUT2D eigenvalue weighted by molar-refractivity contribution is 14.1. The molecular weight excluding hydrogens is 583 g/mol. The smallest absolute Gasteiger partial charge is 0.247 e. The van der Waals surface area contributed by atoms with Gasteiger partial charge in [-0.15, -0.1) is 0 Å². The molecule has 0 heterocycles. The van der Waals surface area contributed by atoms with E-state index in [1.807, 2.05) is 43.0 Å². The number of halogens is 1. The Kier molecular flexibility index (Phi) is 8.90. The van der Waals surface area contributed by atoms with Crippen LogP contribution in [0, 0.1) is 32.7 Å². The quantitative estimate of drug-likeness (QED) is 0.364. The summed E-state index contributed by atoms with van der Waals surface area (Å²) in [6.07, 6.45) is 3.62. The van der Waals surface area contributed by atoms with E-state index in [0.717, 1.165) is 15.9 Å². The van der Waals surface area contributed by atoms with Crippen LogP contribution in [0.3, 0.4) is 0 Å². The van der Waals surface area contributed by atoms with E-state index in [0.29, 0.717) is 29.7 Å². The highest BCUT2D eigenvalue weighted by Crippen LogP contribution is 2.61. The van der Waals surface area contributed by atoms with Gasteiger partial charge in [0.25, 0.3) is 0 Å². The molecule has 2 amide bonds. The van der Waals surface area contributed by atoms with Crippen molar-refractivity contribution in [2.45, 2.75) is 71.6 Å². The molecule has 0 aromatic heterocycles. The fourth-order valence-corrected chi connectivity index (χ4v) is 7.14. The second-order valence-electron chi connectivity index (χ2n) is 11.8. The number of aliphatic hydroxyl groups is 2. The van der Waals surface area contributed by atoms with Gasteiger partial charge in [0.15, 0.2) is 0 Å². The molecule has 37 heavy (non-hydrogen) atoms. The van der Waals surface area contributed by atoms with E-state index >= 15 is 0 Å². The zero-order chi connectivity index (χ0) is 26.9. The lowest BCUT2D eigenvalue weighted by atomic mass is 9.45. The van der Waals surface area contributed by atoms with Crippen molar-refractivity contribution in [2.24, 2.45) is 29.1 Å². The average molecular weight is 625 g/mol. The van der Waals surface area contributed by atoms with Gasteiger partial charge in [-0.1, -0.05) is 39.8 Å². The van der Waals surface area contributed by atoms with E-state index in [-0.39, 0.29) is 42.7 Å². The number of nitrogens with one attached hydrogen (secondary N) is 1. The van der Waals surface area contributed by atoms with Crippen molar-refractivity contribution in [2.75, 3.05) is 19.7 Å². The minimum Gasteiger partial charge on any atom is -0.482 e. The molecule has 0 aliphatic heterocycles. The van der Waals surface area contributed by atoms with Gasteiger partial charge in [-0.05, 0) is 83.2 Å². The van der Waals surface area contributed by atoms with E-state index in [2.05, 4.69) is 41.8 Å². The van der Waals surface area contributed by atoms with Gasteiger partial charge in [0.2, 0.25) is 11.8 Å². The lowest BCUT2D eigenvalue weighted by molar-refractivity contribution is -0.151. The molecule has 4 aliphatic carbocycles. The number of rotatable bonds is 9. The Hall–Kier alpha value is -1.65. The highest BCUT2D eigenvalue weighted by Gasteiger charge is 2.55. The number of carbonyl (C=O) groups excluding carboxylic acids is 2. The summed E-state index contributed by atoms with van der Waals surface area (Å²) in [7, 11) is 0. The summed E-state index contributed by atoms with van der Waals surface area (Å²) in [6, 6.07) is 6.96. The Morgan fingerprint density at radius 1 is 1.24 bits per heavy atom. The van der Waals surface area contributed by atoms with E-state index in [1.54, 1.807) is 6.08 Å². The molecule has 7 nitrogen and oxygen atoms in total. The lowest BCUT2D eigenvalue weighted by Gasteiger charge is -2.61. The Bertz CT molecular complexity index is 1020. The molecule has 6 atom stereocenters. The number of nitrogens with zero attached hydrogens (tertiary/aromatic N) is 1. The lowest BCUT2D eigenvalue weighted by Crippen LogP contribution is -2.60. The largest absolute Gasteiger partial charge is 0.482 e. The van der Waals surface area contributed by atoms with Crippen molar-refractivity contribution in [3.8, 4) is 5.75 Å². The third kappa shape index (κ3) is 5.86. The number of hydrogen-bond donors (Lipinski definition) is 3. The van der Waals surface area contributed by atoms with Crippen LogP contribution in [0.4, 0.5) is 0 Å². The predicted octanol–water partition coefficient (Wildman–Crippen LogP) is 3.76. The van der Waals surface area contributed by atoms with Gasteiger partial charge in [0.05, 0.1) is 16.2 Å². The maximum atomic E-state index is 13.6. The number of aliphatic hydroxyl groups excluding tert-OH is 2. The summed E-state index contributed by atoms with van der Waals surface area (Å²) < 4.78 is 7.15. The molecule has 1 aromatic rings. The van der Waals surface area contributed by atoms with Gasteiger partial charge in [-0.2, -0.15) is 0 Å². The summed E-state index contributed by atoms with van der Waals surface area (Å²) in [5.41, 5.74) is 0.750. The second-order valence-corrected chi connectivity index (χ2v) is 13.0. The summed E-state index contributed by atoms with van der Waals surface area (Å²) in [4.78, 5) is 28.5. The first-order valence-corrected chi connectivity index (χ1v) is 14.6. The molecule has 1 aromatic carbocycles. The summed E-state index contributed by atoms with van der Waals surface area (Å²) in [5, 5.41) is 23.6. The molecule has 0 radical (unpaired) electrons. The van der Waals surface area contributed by atoms with Crippen LogP contribution in [0.1, 0.15) is 53.4 Å². The van der Waals surface area contributed by atoms with Crippen molar-refractivity contribution in [3.63, 3.8) is 0 Å². The Morgan fingerprint density at radius 2 is 1.97 bits per heavy atom. The van der Waals surface area contributed by atoms with Crippen molar-refractivity contribution in [3.05, 3.63) is 39.5 Å². The Morgan fingerprint density at radius 3 is 2.59 bits per heavy atom. The number of para-hydroxylation sites is 1. The molecule has 2 bridgehead atoms. The van der Waals surface area contributed by atoms with Crippen LogP contribution >= 0.6 is 22.6 Å². The van der Waals surface area contributed by atoms with Gasteiger partial charge < -0.3 is 25.2 Å². The molecule has 0 spiro atoms. The third-order valence-electron chi connectivity index (χ3n) is 8.92. The van der Waals surface area contributed by atoms with Crippen LogP contribution < -0.4 is 10.1 Å². The Balaban J connectivity index is 1.64. The molecule has 5 rings (SSSR count). The third-order valence-corrected chi connectivity index (χ3v) is 9.82.